The molecule has 1 N–H and O–H groups in total. The molecule has 1 fully saturated rings. The number of amides is 1. The molecule has 2 heterocycles. The quantitative estimate of drug-likeness (QED) is 0.374. The Morgan fingerprint density at radius 3 is 2.69 bits per heavy atom. The molecular formula is C26H28FN5O2S. The van der Waals surface area contributed by atoms with Gasteiger partial charge in [-0.2, -0.15) is 0 Å². The van der Waals surface area contributed by atoms with E-state index in [1.54, 1.807) is 41.0 Å². The smallest absolute Gasteiger partial charge is 0.262 e. The van der Waals surface area contributed by atoms with E-state index in [0.717, 1.165) is 25.7 Å². The average molecular weight is 494 g/mol. The lowest BCUT2D eigenvalue weighted by atomic mass is 10.1. The summed E-state index contributed by atoms with van der Waals surface area (Å²) in [5.41, 5.74) is 1.46. The Morgan fingerprint density at radius 1 is 1.17 bits per heavy atom. The van der Waals surface area contributed by atoms with E-state index in [1.807, 2.05) is 18.2 Å². The minimum absolute atomic E-state index is 0.146. The van der Waals surface area contributed by atoms with Gasteiger partial charge in [0.2, 0.25) is 5.78 Å². The maximum absolute atomic E-state index is 14.2. The summed E-state index contributed by atoms with van der Waals surface area (Å²) in [5, 5.41) is 12.8. The number of fused-ring (bicyclic) bond motifs is 3. The van der Waals surface area contributed by atoms with E-state index in [2.05, 4.69) is 15.5 Å². The molecule has 0 spiro atoms. The first-order chi connectivity index (χ1) is 16.9. The van der Waals surface area contributed by atoms with E-state index in [0.29, 0.717) is 45.3 Å². The third kappa shape index (κ3) is 4.69. The van der Waals surface area contributed by atoms with Gasteiger partial charge < -0.3 is 5.32 Å². The number of benzene rings is 2. The van der Waals surface area contributed by atoms with E-state index in [-0.39, 0.29) is 29.2 Å². The minimum Gasteiger partial charge on any atom is -0.349 e. The largest absolute Gasteiger partial charge is 0.349 e. The number of carbonyl (C=O) groups is 1. The Balaban J connectivity index is 1.61. The summed E-state index contributed by atoms with van der Waals surface area (Å²) in [6.45, 7) is 4.56. The van der Waals surface area contributed by atoms with Crippen molar-refractivity contribution < 1.29 is 9.18 Å². The number of carbonyl (C=O) groups excluding carboxylic acids is 1. The molecule has 7 nitrogen and oxygen atoms in total. The molecule has 1 aliphatic carbocycles. The van der Waals surface area contributed by atoms with E-state index in [1.165, 1.54) is 17.8 Å². The molecular weight excluding hydrogens is 465 g/mol. The number of nitrogens with one attached hydrogen (secondary N) is 1. The molecule has 4 aromatic rings. The third-order valence-corrected chi connectivity index (χ3v) is 7.36. The molecule has 1 amide bonds. The molecule has 0 unspecified atom stereocenters. The number of halogens is 1. The maximum Gasteiger partial charge on any atom is 0.262 e. The molecule has 1 saturated carbocycles. The molecule has 1 aliphatic rings. The Hall–Kier alpha value is -3.20. The molecule has 35 heavy (non-hydrogen) atoms. The molecule has 2 aromatic carbocycles. The van der Waals surface area contributed by atoms with Crippen LogP contribution in [0.2, 0.25) is 0 Å². The van der Waals surface area contributed by atoms with E-state index in [9.17, 15) is 14.0 Å². The summed E-state index contributed by atoms with van der Waals surface area (Å²) in [7, 11) is 0. The molecule has 0 atom stereocenters. The van der Waals surface area contributed by atoms with Gasteiger partial charge in [0, 0.05) is 23.9 Å². The van der Waals surface area contributed by atoms with Crippen molar-refractivity contribution in [1.82, 2.24) is 24.5 Å². The summed E-state index contributed by atoms with van der Waals surface area (Å²) in [6.07, 6.45) is 4.24. The van der Waals surface area contributed by atoms with Crippen molar-refractivity contribution in [2.24, 2.45) is 5.92 Å². The zero-order valence-electron chi connectivity index (χ0n) is 19.8. The SMILES string of the molecule is CC(C)Cn1c(=O)c2ccc(C(=O)NC3CCCC3)cc2n2c(SCc3ccccc3F)nnc12. The van der Waals surface area contributed by atoms with Crippen LogP contribution in [0.3, 0.4) is 0 Å². The molecule has 5 rings (SSSR count). The lowest BCUT2D eigenvalue weighted by molar-refractivity contribution is 0.0938. The van der Waals surface area contributed by atoms with Crippen LogP contribution >= 0.6 is 11.8 Å². The first-order valence-corrected chi connectivity index (χ1v) is 13.0. The highest BCUT2D eigenvalue weighted by molar-refractivity contribution is 7.98. The van der Waals surface area contributed by atoms with Crippen molar-refractivity contribution in [2.45, 2.75) is 63.0 Å². The lowest BCUT2D eigenvalue weighted by Crippen LogP contribution is -2.32. The van der Waals surface area contributed by atoms with Crippen LogP contribution in [0.4, 0.5) is 4.39 Å². The van der Waals surface area contributed by atoms with Crippen molar-refractivity contribution >= 4 is 34.3 Å². The predicted octanol–water partition coefficient (Wildman–Crippen LogP) is 4.80. The number of aromatic nitrogens is 4. The third-order valence-electron chi connectivity index (χ3n) is 6.39. The van der Waals surface area contributed by atoms with Crippen LogP contribution in [0.1, 0.15) is 55.5 Å². The van der Waals surface area contributed by atoms with Gasteiger partial charge in [0.05, 0.1) is 10.9 Å². The highest BCUT2D eigenvalue weighted by atomic mass is 32.2. The van der Waals surface area contributed by atoms with Gasteiger partial charge in [-0.15, -0.1) is 10.2 Å². The van der Waals surface area contributed by atoms with Gasteiger partial charge >= 0.3 is 0 Å². The molecule has 182 valence electrons. The first kappa shape index (κ1) is 23.5. The van der Waals surface area contributed by atoms with Gasteiger partial charge in [-0.05, 0) is 48.6 Å². The van der Waals surface area contributed by atoms with E-state index < -0.39 is 0 Å². The maximum atomic E-state index is 14.2. The number of nitrogens with zero attached hydrogens (tertiary/aromatic N) is 4. The summed E-state index contributed by atoms with van der Waals surface area (Å²) in [6, 6.07) is 12.0. The van der Waals surface area contributed by atoms with E-state index >= 15 is 0 Å². The average Bonchev–Trinajstić information content (AvgIpc) is 3.51. The molecule has 0 saturated heterocycles. The fraction of sp³-hybridized carbons (Fsp3) is 0.385. The Labute approximate surface area is 206 Å². The highest BCUT2D eigenvalue weighted by Crippen LogP contribution is 2.27. The molecule has 2 aromatic heterocycles. The molecule has 0 aliphatic heterocycles. The number of rotatable bonds is 7. The molecule has 9 heteroatoms. The molecule has 0 bridgehead atoms. The van der Waals surface area contributed by atoms with Crippen LogP contribution in [0.5, 0.6) is 0 Å². The van der Waals surface area contributed by atoms with Crippen LogP contribution in [0, 0.1) is 11.7 Å². The van der Waals surface area contributed by atoms with Crippen LogP contribution in [0.15, 0.2) is 52.4 Å². The highest BCUT2D eigenvalue weighted by Gasteiger charge is 2.21. The van der Waals surface area contributed by atoms with Crippen LogP contribution < -0.4 is 10.9 Å². The van der Waals surface area contributed by atoms with Crippen LogP contribution in [-0.4, -0.2) is 31.1 Å². The van der Waals surface area contributed by atoms with Crippen LogP contribution in [-0.2, 0) is 12.3 Å². The predicted molar refractivity (Wildman–Crippen MR) is 135 cm³/mol. The first-order valence-electron chi connectivity index (χ1n) is 12.0. The van der Waals surface area contributed by atoms with Gasteiger partial charge in [-0.1, -0.05) is 56.7 Å². The zero-order chi connectivity index (χ0) is 24.5. The normalized spacial score (nSPS) is 14.4. The monoisotopic (exact) mass is 493 g/mol. The van der Waals surface area contributed by atoms with Gasteiger partial charge in [-0.25, -0.2) is 4.39 Å². The second kappa shape index (κ2) is 9.81. The summed E-state index contributed by atoms with van der Waals surface area (Å²) >= 11 is 1.35. The topological polar surface area (TPSA) is 81.3 Å². The van der Waals surface area contributed by atoms with Crippen molar-refractivity contribution in [3.63, 3.8) is 0 Å². The van der Waals surface area contributed by atoms with Crippen molar-refractivity contribution in [1.29, 1.82) is 0 Å². The minimum atomic E-state index is -0.277. The number of thioether (sulfide) groups is 1. The number of hydrogen-bond donors (Lipinski definition) is 1. The van der Waals surface area contributed by atoms with Gasteiger partial charge in [-0.3, -0.25) is 18.6 Å². The van der Waals surface area contributed by atoms with Gasteiger partial charge in [0.15, 0.2) is 5.16 Å². The fourth-order valence-electron chi connectivity index (χ4n) is 4.64. The summed E-state index contributed by atoms with van der Waals surface area (Å²) in [4.78, 5) is 26.4. The van der Waals surface area contributed by atoms with Crippen molar-refractivity contribution in [3.05, 3.63) is 69.8 Å². The number of hydrogen-bond acceptors (Lipinski definition) is 5. The van der Waals surface area contributed by atoms with E-state index in [4.69, 9.17) is 0 Å². The Morgan fingerprint density at radius 2 is 1.94 bits per heavy atom. The Kier molecular flexibility index (Phi) is 6.60. The standard InChI is InChI=1S/C26H28FN5O2S/c1-16(2)14-31-24(34)20-12-11-17(23(33)28-19-8-4-5-9-19)13-22(20)32-25(31)29-30-26(32)35-15-18-7-3-6-10-21(18)27/h3,6-7,10-13,16,19H,4-5,8-9,14-15H2,1-2H3,(H,28,33). The van der Waals surface area contributed by atoms with Crippen molar-refractivity contribution in [3.8, 4) is 0 Å². The Bertz CT molecular complexity index is 1460. The lowest BCUT2D eigenvalue weighted by Gasteiger charge is -2.15. The van der Waals surface area contributed by atoms with Gasteiger partial charge in [0.1, 0.15) is 5.82 Å². The van der Waals surface area contributed by atoms with Gasteiger partial charge in [0.25, 0.3) is 11.5 Å². The van der Waals surface area contributed by atoms with Crippen molar-refractivity contribution in [2.75, 3.05) is 0 Å². The second-order valence-corrected chi connectivity index (χ2v) is 10.4. The summed E-state index contributed by atoms with van der Waals surface area (Å²) in [5.74, 6) is 0.575. The van der Waals surface area contributed by atoms with Crippen LogP contribution in [0.25, 0.3) is 16.7 Å². The zero-order valence-corrected chi connectivity index (χ0v) is 20.6. The molecule has 0 radical (unpaired) electrons. The summed E-state index contributed by atoms with van der Waals surface area (Å²) < 4.78 is 17.7. The second-order valence-electron chi connectivity index (χ2n) is 9.49. The fourth-order valence-corrected chi connectivity index (χ4v) is 5.57.